The number of aliphatic hydroxyl groups is 1. The number of benzene rings is 1. The smallest absolute Gasteiger partial charge is 0.308 e. The Morgan fingerprint density at radius 1 is 1.21 bits per heavy atom. The lowest BCUT2D eigenvalue weighted by Gasteiger charge is -2.27. The lowest BCUT2D eigenvalue weighted by atomic mass is 10.0. The maximum absolute atomic E-state index is 13.5. The summed E-state index contributed by atoms with van der Waals surface area (Å²) in [5.74, 6) is -0.232. The van der Waals surface area contributed by atoms with Crippen LogP contribution < -0.4 is 0 Å². The van der Waals surface area contributed by atoms with Crippen LogP contribution in [0.4, 0.5) is 4.39 Å². The Morgan fingerprint density at radius 3 is 2.55 bits per heavy atom. The molecule has 1 aromatic carbocycles. The van der Waals surface area contributed by atoms with Crippen molar-refractivity contribution >= 4 is 5.97 Å². The Hall–Kier alpha value is -2.18. The zero-order valence-corrected chi connectivity index (χ0v) is 17.3. The predicted octanol–water partition coefficient (Wildman–Crippen LogP) is 3.82. The van der Waals surface area contributed by atoms with Crippen molar-refractivity contribution < 1.29 is 19.0 Å². The third-order valence-electron chi connectivity index (χ3n) is 5.95. The molecule has 4 rings (SSSR count). The number of nitrogens with zero attached hydrogens (tertiary/aromatic N) is 2. The Morgan fingerprint density at radius 2 is 1.90 bits per heavy atom. The molecule has 0 radical (unpaired) electrons. The first-order valence-electron chi connectivity index (χ1n) is 10.4. The highest BCUT2D eigenvalue weighted by Crippen LogP contribution is 2.40. The second kappa shape index (κ2) is 7.92. The van der Waals surface area contributed by atoms with E-state index in [-0.39, 0.29) is 24.3 Å². The number of ether oxygens (including phenoxy) is 1. The average molecular weight is 400 g/mol. The van der Waals surface area contributed by atoms with Gasteiger partial charge in [0.25, 0.3) is 0 Å². The van der Waals surface area contributed by atoms with Gasteiger partial charge in [-0.15, -0.1) is 0 Å². The van der Waals surface area contributed by atoms with E-state index in [0.29, 0.717) is 25.3 Å². The monoisotopic (exact) mass is 400 g/mol. The number of aromatic nitrogens is 1. The fourth-order valence-electron chi connectivity index (χ4n) is 4.83. The molecule has 29 heavy (non-hydrogen) atoms. The fraction of sp³-hybridized carbons (Fsp3) is 0.522. The molecule has 1 fully saturated rings. The van der Waals surface area contributed by atoms with Gasteiger partial charge in [0.2, 0.25) is 0 Å². The molecule has 0 spiro atoms. The van der Waals surface area contributed by atoms with Gasteiger partial charge in [-0.1, -0.05) is 13.8 Å². The van der Waals surface area contributed by atoms with Crippen LogP contribution in [0.5, 0.6) is 0 Å². The minimum Gasteiger partial charge on any atom is -0.462 e. The summed E-state index contributed by atoms with van der Waals surface area (Å²) < 4.78 is 21.4. The van der Waals surface area contributed by atoms with Gasteiger partial charge in [-0.25, -0.2) is 4.39 Å². The number of carbonyl (C=O) groups excluding carboxylic acids is 1. The molecule has 2 aromatic rings. The molecule has 3 heterocycles. The summed E-state index contributed by atoms with van der Waals surface area (Å²) in [5, 5.41) is 9.92. The number of rotatable bonds is 5. The first-order valence-corrected chi connectivity index (χ1v) is 10.4. The SMILES string of the molecule is CC(C)c1c2c(c(-c3ccc(F)cc3)n1CC[C@@H]1C[C@@H](O)CC(=O)O1)CN(C)C2. The van der Waals surface area contributed by atoms with Crippen LogP contribution in [0.15, 0.2) is 24.3 Å². The molecule has 0 aliphatic carbocycles. The highest BCUT2D eigenvalue weighted by Gasteiger charge is 2.32. The molecule has 2 atom stereocenters. The summed E-state index contributed by atoms with van der Waals surface area (Å²) in [5.41, 5.74) is 6.11. The van der Waals surface area contributed by atoms with Crippen molar-refractivity contribution in [1.29, 1.82) is 0 Å². The first-order chi connectivity index (χ1) is 13.8. The van der Waals surface area contributed by atoms with Crippen LogP contribution in [0.2, 0.25) is 0 Å². The van der Waals surface area contributed by atoms with Gasteiger partial charge in [-0.05, 0) is 53.9 Å². The summed E-state index contributed by atoms with van der Waals surface area (Å²) in [6.45, 7) is 6.86. The zero-order valence-electron chi connectivity index (χ0n) is 17.3. The molecule has 2 aliphatic heterocycles. The van der Waals surface area contributed by atoms with Crippen LogP contribution >= 0.6 is 0 Å². The van der Waals surface area contributed by atoms with E-state index in [1.165, 1.54) is 29.0 Å². The molecule has 0 amide bonds. The number of halogens is 1. The van der Waals surface area contributed by atoms with E-state index in [0.717, 1.165) is 24.3 Å². The Bertz CT molecular complexity index is 904. The second-order valence-electron chi connectivity index (χ2n) is 8.67. The summed E-state index contributed by atoms with van der Waals surface area (Å²) in [7, 11) is 2.12. The molecule has 1 N–H and O–H groups in total. The molecule has 0 saturated carbocycles. The van der Waals surface area contributed by atoms with Crippen molar-refractivity contribution in [2.24, 2.45) is 0 Å². The third-order valence-corrected chi connectivity index (χ3v) is 5.95. The zero-order chi connectivity index (χ0) is 20.7. The van der Waals surface area contributed by atoms with Gasteiger partial charge in [0.1, 0.15) is 11.9 Å². The van der Waals surface area contributed by atoms with Crippen molar-refractivity contribution in [2.45, 2.75) is 70.9 Å². The van der Waals surface area contributed by atoms with Crippen LogP contribution in [0.3, 0.4) is 0 Å². The molecule has 1 aromatic heterocycles. The fourth-order valence-corrected chi connectivity index (χ4v) is 4.83. The molecule has 2 aliphatic rings. The number of esters is 1. The molecular formula is C23H29FN2O3. The standard InChI is InChI=1S/C23H29FN2O3/c1-14(2)22-19-12-25(3)13-20(19)23(15-4-6-16(24)7-5-15)26(22)9-8-18-10-17(27)11-21(28)29-18/h4-7,14,17-18,27H,8-13H2,1-3H3/t17-,18-/m1/s1. The highest BCUT2D eigenvalue weighted by atomic mass is 19.1. The van der Waals surface area contributed by atoms with Crippen molar-refractivity contribution in [3.8, 4) is 11.3 Å². The number of cyclic esters (lactones) is 1. The first kappa shape index (κ1) is 20.1. The van der Waals surface area contributed by atoms with Crippen molar-refractivity contribution in [3.05, 3.63) is 46.9 Å². The molecule has 5 nitrogen and oxygen atoms in total. The van der Waals surface area contributed by atoms with Crippen LogP contribution in [-0.2, 0) is 29.2 Å². The summed E-state index contributed by atoms with van der Waals surface area (Å²) in [6, 6.07) is 6.70. The van der Waals surface area contributed by atoms with Crippen LogP contribution in [-0.4, -0.2) is 39.8 Å². The van der Waals surface area contributed by atoms with E-state index in [4.69, 9.17) is 4.74 Å². The maximum atomic E-state index is 13.5. The second-order valence-corrected chi connectivity index (χ2v) is 8.67. The molecule has 6 heteroatoms. The van der Waals surface area contributed by atoms with Crippen molar-refractivity contribution in [3.63, 3.8) is 0 Å². The Kier molecular flexibility index (Phi) is 5.49. The minimum absolute atomic E-state index is 0.0821. The largest absolute Gasteiger partial charge is 0.462 e. The number of fused-ring (bicyclic) bond motifs is 1. The molecular weight excluding hydrogens is 371 g/mol. The number of hydrogen-bond donors (Lipinski definition) is 1. The molecule has 1 saturated heterocycles. The van der Waals surface area contributed by atoms with Gasteiger partial charge in [-0.2, -0.15) is 0 Å². The van der Waals surface area contributed by atoms with E-state index in [9.17, 15) is 14.3 Å². The lowest BCUT2D eigenvalue weighted by molar-refractivity contribution is -0.160. The number of hydrogen-bond acceptors (Lipinski definition) is 4. The van der Waals surface area contributed by atoms with Crippen LogP contribution in [0, 0.1) is 5.82 Å². The van der Waals surface area contributed by atoms with E-state index < -0.39 is 6.10 Å². The minimum atomic E-state index is -0.620. The summed E-state index contributed by atoms with van der Waals surface area (Å²) in [6.07, 6.45) is 0.329. The molecule has 0 bridgehead atoms. The quantitative estimate of drug-likeness (QED) is 0.776. The molecule has 156 valence electrons. The third kappa shape index (κ3) is 3.96. The van der Waals surface area contributed by atoms with Gasteiger partial charge in [0.05, 0.1) is 18.2 Å². The summed E-state index contributed by atoms with van der Waals surface area (Å²) >= 11 is 0. The summed E-state index contributed by atoms with van der Waals surface area (Å²) in [4.78, 5) is 14.0. The normalized spacial score (nSPS) is 22.2. The van der Waals surface area contributed by atoms with E-state index in [1.807, 2.05) is 12.1 Å². The van der Waals surface area contributed by atoms with Gasteiger partial charge in [0, 0.05) is 38.2 Å². The van der Waals surface area contributed by atoms with E-state index in [1.54, 1.807) is 0 Å². The van der Waals surface area contributed by atoms with E-state index in [2.05, 4.69) is 30.4 Å². The Labute approximate surface area is 171 Å². The lowest BCUT2D eigenvalue weighted by Crippen LogP contribution is -2.33. The van der Waals surface area contributed by atoms with Gasteiger partial charge < -0.3 is 14.4 Å². The van der Waals surface area contributed by atoms with Gasteiger partial charge in [0.15, 0.2) is 0 Å². The Balaban J connectivity index is 1.72. The maximum Gasteiger partial charge on any atom is 0.308 e. The van der Waals surface area contributed by atoms with E-state index >= 15 is 0 Å². The van der Waals surface area contributed by atoms with Crippen LogP contribution in [0.25, 0.3) is 11.3 Å². The average Bonchev–Trinajstić information content (AvgIpc) is 3.14. The topological polar surface area (TPSA) is 54.7 Å². The predicted molar refractivity (Wildman–Crippen MR) is 109 cm³/mol. The number of carbonyl (C=O) groups is 1. The number of aliphatic hydroxyl groups excluding tert-OH is 1. The van der Waals surface area contributed by atoms with Gasteiger partial charge >= 0.3 is 5.97 Å². The highest BCUT2D eigenvalue weighted by molar-refractivity contribution is 5.71. The van der Waals surface area contributed by atoms with Gasteiger partial charge in [-0.3, -0.25) is 9.69 Å². The molecule has 0 unspecified atom stereocenters. The van der Waals surface area contributed by atoms with Crippen molar-refractivity contribution in [1.82, 2.24) is 9.47 Å². The van der Waals surface area contributed by atoms with Crippen LogP contribution in [0.1, 0.15) is 55.8 Å². The van der Waals surface area contributed by atoms with Crippen molar-refractivity contribution in [2.75, 3.05) is 7.05 Å².